The average Bonchev–Trinajstić information content (AvgIpc) is 2.58. The van der Waals surface area contributed by atoms with Crippen LogP contribution in [0.2, 0.25) is 0 Å². The highest BCUT2D eigenvalue weighted by Crippen LogP contribution is 2.11. The number of carbonyl (C=O) groups is 4. The Labute approximate surface area is 143 Å². The molecule has 0 bridgehead atoms. The Balaban J connectivity index is 2.74. The zero-order valence-corrected chi connectivity index (χ0v) is 13.3. The van der Waals surface area contributed by atoms with Gasteiger partial charge in [-0.2, -0.15) is 0 Å². The number of rotatable bonds is 9. The fourth-order valence-electron chi connectivity index (χ4n) is 1.86. The molecule has 1 aromatic rings. The summed E-state index contributed by atoms with van der Waals surface area (Å²) < 4.78 is 0. The van der Waals surface area contributed by atoms with Crippen molar-refractivity contribution in [3.63, 3.8) is 0 Å². The summed E-state index contributed by atoms with van der Waals surface area (Å²) in [6.07, 6.45) is 0.0717. The van der Waals surface area contributed by atoms with E-state index in [1.54, 1.807) is 12.1 Å². The molecule has 1 unspecified atom stereocenters. The number of aliphatic carboxylic acids is 1. The van der Waals surface area contributed by atoms with E-state index in [9.17, 15) is 24.3 Å². The molecule has 1 atom stereocenters. The van der Waals surface area contributed by atoms with Crippen molar-refractivity contribution < 1.29 is 29.4 Å². The number of nitrogens with two attached hydrogens (primary N) is 1. The highest BCUT2D eigenvalue weighted by Gasteiger charge is 2.22. The van der Waals surface area contributed by atoms with Crippen LogP contribution in [0, 0.1) is 0 Å². The average molecular weight is 352 g/mol. The first kappa shape index (κ1) is 19.9. The van der Waals surface area contributed by atoms with Crippen molar-refractivity contribution in [1.29, 1.82) is 0 Å². The number of carboxylic acid groups (broad SMARTS) is 1. The van der Waals surface area contributed by atoms with E-state index in [2.05, 4.69) is 16.0 Å². The van der Waals surface area contributed by atoms with Crippen LogP contribution in [-0.2, 0) is 25.6 Å². The van der Waals surface area contributed by atoms with Crippen LogP contribution >= 0.6 is 0 Å². The summed E-state index contributed by atoms with van der Waals surface area (Å²) in [5.41, 5.74) is 5.74. The number of carbonyl (C=O) groups excluding carboxylic acids is 3. The van der Waals surface area contributed by atoms with E-state index < -0.39 is 36.3 Å². The number of hydrogen-bond acceptors (Lipinski definition) is 6. The standard InChI is InChI=1S/C15H20N4O6/c16-6-12(21)17-7-13(22)19-11(15(25)18-8-14(23)24)5-9-1-3-10(20)4-2-9/h1-4,11,20H,5-8,16H2,(H,17,21)(H,18,25)(H,19,22)(H,23,24). The van der Waals surface area contributed by atoms with Crippen LogP contribution < -0.4 is 21.7 Å². The minimum absolute atomic E-state index is 0.0455. The SMILES string of the molecule is NCC(=O)NCC(=O)NC(Cc1ccc(O)cc1)C(=O)NCC(=O)O. The topological polar surface area (TPSA) is 171 Å². The maximum atomic E-state index is 12.1. The van der Waals surface area contributed by atoms with E-state index in [0.29, 0.717) is 5.56 Å². The molecule has 0 spiro atoms. The van der Waals surface area contributed by atoms with Crippen LogP contribution in [0.3, 0.4) is 0 Å². The maximum absolute atomic E-state index is 12.1. The highest BCUT2D eigenvalue weighted by atomic mass is 16.4. The molecule has 0 aliphatic rings. The van der Waals surface area contributed by atoms with Gasteiger partial charge in [0.1, 0.15) is 18.3 Å². The molecule has 0 saturated heterocycles. The minimum Gasteiger partial charge on any atom is -0.508 e. The molecule has 136 valence electrons. The Morgan fingerprint density at radius 2 is 1.64 bits per heavy atom. The number of nitrogens with one attached hydrogen (secondary N) is 3. The molecule has 0 aliphatic carbocycles. The first-order valence-corrected chi connectivity index (χ1v) is 7.35. The van der Waals surface area contributed by atoms with Gasteiger partial charge in [-0.05, 0) is 17.7 Å². The summed E-state index contributed by atoms with van der Waals surface area (Å²) in [7, 11) is 0. The second-order valence-corrected chi connectivity index (χ2v) is 5.08. The third kappa shape index (κ3) is 7.79. The van der Waals surface area contributed by atoms with Gasteiger partial charge < -0.3 is 31.9 Å². The largest absolute Gasteiger partial charge is 0.508 e. The van der Waals surface area contributed by atoms with Gasteiger partial charge in [-0.25, -0.2) is 0 Å². The number of carboxylic acids is 1. The van der Waals surface area contributed by atoms with Gasteiger partial charge in [-0.15, -0.1) is 0 Å². The first-order chi connectivity index (χ1) is 11.8. The Hall–Kier alpha value is -3.14. The summed E-state index contributed by atoms with van der Waals surface area (Å²) in [5.74, 6) is -3.02. The summed E-state index contributed by atoms with van der Waals surface area (Å²) >= 11 is 0. The van der Waals surface area contributed by atoms with E-state index in [1.165, 1.54) is 12.1 Å². The first-order valence-electron chi connectivity index (χ1n) is 7.35. The lowest BCUT2D eigenvalue weighted by Crippen LogP contribution is -2.51. The van der Waals surface area contributed by atoms with E-state index in [0.717, 1.165) is 0 Å². The van der Waals surface area contributed by atoms with Crippen molar-refractivity contribution in [2.45, 2.75) is 12.5 Å². The van der Waals surface area contributed by atoms with E-state index >= 15 is 0 Å². The molecule has 25 heavy (non-hydrogen) atoms. The molecule has 1 rings (SSSR count). The number of aromatic hydroxyl groups is 1. The Morgan fingerprint density at radius 1 is 1.00 bits per heavy atom. The molecular weight excluding hydrogens is 332 g/mol. The van der Waals surface area contributed by atoms with Gasteiger partial charge in [0.25, 0.3) is 0 Å². The summed E-state index contributed by atoms with van der Waals surface area (Å²) in [6.45, 7) is -1.23. The summed E-state index contributed by atoms with van der Waals surface area (Å²) in [6, 6.07) is 4.92. The quantitative estimate of drug-likeness (QED) is 0.290. The van der Waals surface area contributed by atoms with Crippen molar-refractivity contribution in [2.24, 2.45) is 5.73 Å². The molecule has 0 heterocycles. The van der Waals surface area contributed by atoms with E-state index in [-0.39, 0.29) is 25.3 Å². The molecule has 1 aromatic carbocycles. The monoisotopic (exact) mass is 352 g/mol. The van der Waals surface area contributed by atoms with Crippen LogP contribution in [0.5, 0.6) is 5.75 Å². The van der Waals surface area contributed by atoms with Gasteiger partial charge in [0.15, 0.2) is 0 Å². The van der Waals surface area contributed by atoms with Crippen molar-refractivity contribution in [1.82, 2.24) is 16.0 Å². The molecule has 0 aliphatic heterocycles. The predicted molar refractivity (Wildman–Crippen MR) is 86.5 cm³/mol. The smallest absolute Gasteiger partial charge is 0.322 e. The molecule has 7 N–H and O–H groups in total. The molecule has 10 nitrogen and oxygen atoms in total. The Kier molecular flexibility index (Phi) is 7.87. The summed E-state index contributed by atoms with van der Waals surface area (Å²) in [5, 5.41) is 24.8. The van der Waals surface area contributed by atoms with Gasteiger partial charge in [-0.3, -0.25) is 19.2 Å². The van der Waals surface area contributed by atoms with Crippen molar-refractivity contribution in [3.8, 4) is 5.75 Å². The number of amides is 3. The van der Waals surface area contributed by atoms with Gasteiger partial charge in [0, 0.05) is 6.42 Å². The number of phenolic OH excluding ortho intramolecular Hbond substituents is 1. The normalized spacial score (nSPS) is 11.2. The molecule has 3 amide bonds. The maximum Gasteiger partial charge on any atom is 0.322 e. The van der Waals surface area contributed by atoms with Crippen molar-refractivity contribution in [3.05, 3.63) is 29.8 Å². The molecule has 10 heteroatoms. The lowest BCUT2D eigenvalue weighted by molar-refractivity contribution is -0.138. The van der Waals surface area contributed by atoms with Crippen LogP contribution in [0.25, 0.3) is 0 Å². The third-order valence-corrected chi connectivity index (χ3v) is 3.07. The van der Waals surface area contributed by atoms with E-state index in [4.69, 9.17) is 10.8 Å². The van der Waals surface area contributed by atoms with Crippen molar-refractivity contribution >= 4 is 23.7 Å². The van der Waals surface area contributed by atoms with Gasteiger partial charge >= 0.3 is 5.97 Å². The second kappa shape index (κ2) is 9.88. The Bertz CT molecular complexity index is 631. The zero-order chi connectivity index (χ0) is 18.8. The van der Waals surface area contributed by atoms with Gasteiger partial charge in [-0.1, -0.05) is 12.1 Å². The zero-order valence-electron chi connectivity index (χ0n) is 13.3. The van der Waals surface area contributed by atoms with Gasteiger partial charge in [0.2, 0.25) is 17.7 Å². The number of hydrogen-bond donors (Lipinski definition) is 6. The van der Waals surface area contributed by atoms with E-state index in [1.807, 2.05) is 0 Å². The van der Waals surface area contributed by atoms with Crippen molar-refractivity contribution in [2.75, 3.05) is 19.6 Å². The minimum atomic E-state index is -1.22. The van der Waals surface area contributed by atoms with Crippen LogP contribution in [-0.4, -0.2) is 59.6 Å². The summed E-state index contributed by atoms with van der Waals surface area (Å²) in [4.78, 5) is 45.6. The van der Waals surface area contributed by atoms with Gasteiger partial charge in [0.05, 0.1) is 13.1 Å². The number of phenols is 1. The predicted octanol–water partition coefficient (Wildman–Crippen LogP) is -2.30. The molecule has 0 saturated carbocycles. The highest BCUT2D eigenvalue weighted by molar-refractivity contribution is 5.91. The van der Waals surface area contributed by atoms with Crippen LogP contribution in [0.15, 0.2) is 24.3 Å². The fraction of sp³-hybridized carbons (Fsp3) is 0.333. The second-order valence-electron chi connectivity index (χ2n) is 5.08. The van der Waals surface area contributed by atoms with Crippen LogP contribution in [0.4, 0.5) is 0 Å². The molecular formula is C15H20N4O6. The third-order valence-electron chi connectivity index (χ3n) is 3.07. The molecule has 0 aromatic heterocycles. The fourth-order valence-corrected chi connectivity index (χ4v) is 1.86. The van der Waals surface area contributed by atoms with Crippen LogP contribution in [0.1, 0.15) is 5.56 Å². The molecule has 0 fully saturated rings. The lowest BCUT2D eigenvalue weighted by atomic mass is 10.0. The number of benzene rings is 1. The Morgan fingerprint density at radius 3 is 2.20 bits per heavy atom. The molecule has 0 radical (unpaired) electrons. The lowest BCUT2D eigenvalue weighted by Gasteiger charge is -2.18.